The third kappa shape index (κ3) is 4.00. The fraction of sp³-hybridized carbons (Fsp3) is 0.316. The molecule has 0 fully saturated rings. The first-order valence-corrected chi connectivity index (χ1v) is 9.54. The van der Waals surface area contributed by atoms with Crippen molar-refractivity contribution in [2.75, 3.05) is 0 Å². The van der Waals surface area contributed by atoms with Crippen LogP contribution in [0.2, 0.25) is 0 Å². The standard InChI is InChI=1S/C19H18F3N7O2/c1-2-3-7-29-17(30)13-16(27-18(29)31)26-15(25-13)12-8-24-28(10-12)9-11-5-4-6-23-14(11)19(20,21)22/h4-6,8,10H,2-3,7,9H2,1H3,(H,25,26)(H,27,31). The second-order valence-corrected chi connectivity index (χ2v) is 6.98. The molecule has 4 aromatic heterocycles. The summed E-state index contributed by atoms with van der Waals surface area (Å²) in [6.07, 6.45) is 0.923. The number of unbranched alkanes of at least 4 members (excludes halogenated alkanes) is 1. The van der Waals surface area contributed by atoms with E-state index in [2.05, 4.69) is 25.0 Å². The minimum absolute atomic E-state index is 0.0302. The molecular formula is C19H18F3N7O2. The van der Waals surface area contributed by atoms with Crippen LogP contribution >= 0.6 is 0 Å². The van der Waals surface area contributed by atoms with Gasteiger partial charge in [-0.25, -0.2) is 9.78 Å². The van der Waals surface area contributed by atoms with Gasteiger partial charge in [-0.15, -0.1) is 0 Å². The topological polar surface area (TPSA) is 114 Å². The Balaban J connectivity index is 1.66. The average molecular weight is 433 g/mol. The average Bonchev–Trinajstić information content (AvgIpc) is 3.34. The third-order valence-corrected chi connectivity index (χ3v) is 4.77. The molecule has 12 heteroatoms. The number of hydrogen-bond acceptors (Lipinski definition) is 5. The van der Waals surface area contributed by atoms with Crippen LogP contribution < -0.4 is 11.2 Å². The zero-order valence-corrected chi connectivity index (χ0v) is 16.4. The summed E-state index contributed by atoms with van der Waals surface area (Å²) in [5, 5.41) is 4.09. The predicted molar refractivity (Wildman–Crippen MR) is 105 cm³/mol. The third-order valence-electron chi connectivity index (χ3n) is 4.77. The molecule has 2 N–H and O–H groups in total. The molecule has 9 nitrogen and oxygen atoms in total. The molecule has 0 spiro atoms. The highest BCUT2D eigenvalue weighted by Gasteiger charge is 2.35. The van der Waals surface area contributed by atoms with E-state index in [1.807, 2.05) is 6.92 Å². The summed E-state index contributed by atoms with van der Waals surface area (Å²) in [7, 11) is 0. The molecule has 31 heavy (non-hydrogen) atoms. The minimum atomic E-state index is -4.57. The fourth-order valence-electron chi connectivity index (χ4n) is 3.24. The number of imidazole rings is 1. The second-order valence-electron chi connectivity index (χ2n) is 6.98. The molecule has 0 atom stereocenters. The van der Waals surface area contributed by atoms with Gasteiger partial charge in [0, 0.05) is 24.5 Å². The van der Waals surface area contributed by atoms with Gasteiger partial charge in [-0.2, -0.15) is 18.3 Å². The Hall–Kier alpha value is -3.70. The van der Waals surface area contributed by atoms with E-state index in [0.29, 0.717) is 18.5 Å². The largest absolute Gasteiger partial charge is 0.433 e. The number of H-pyrrole nitrogens is 2. The van der Waals surface area contributed by atoms with Crippen molar-refractivity contribution in [1.82, 2.24) is 34.3 Å². The van der Waals surface area contributed by atoms with Crippen LogP contribution in [-0.2, 0) is 19.3 Å². The SMILES string of the molecule is CCCCn1c(=O)[nH]c2nc(-c3cnn(Cc4cccnc4C(F)(F)F)c3)[nH]c2c1=O. The molecule has 0 amide bonds. The predicted octanol–water partition coefficient (Wildman–Crippen LogP) is 2.54. The van der Waals surface area contributed by atoms with Gasteiger partial charge in [-0.05, 0) is 12.5 Å². The molecule has 4 aromatic rings. The first kappa shape index (κ1) is 20.6. The highest BCUT2D eigenvalue weighted by atomic mass is 19.4. The molecule has 0 aromatic carbocycles. The summed E-state index contributed by atoms with van der Waals surface area (Å²) in [6.45, 7) is 2.09. The molecule has 162 valence electrons. The van der Waals surface area contributed by atoms with Crippen molar-refractivity contribution in [2.45, 2.75) is 39.0 Å². The van der Waals surface area contributed by atoms with E-state index in [0.717, 1.165) is 17.2 Å². The van der Waals surface area contributed by atoms with E-state index in [1.54, 1.807) is 0 Å². The van der Waals surface area contributed by atoms with Crippen molar-refractivity contribution in [2.24, 2.45) is 0 Å². The number of hydrogen-bond donors (Lipinski definition) is 2. The number of aromatic nitrogens is 7. The van der Waals surface area contributed by atoms with E-state index in [-0.39, 0.29) is 29.1 Å². The molecule has 0 aliphatic rings. The van der Waals surface area contributed by atoms with Crippen LogP contribution in [0.5, 0.6) is 0 Å². The van der Waals surface area contributed by atoms with Crippen molar-refractivity contribution in [3.63, 3.8) is 0 Å². The Bertz CT molecular complexity index is 1350. The van der Waals surface area contributed by atoms with Crippen LogP contribution in [0.4, 0.5) is 13.2 Å². The van der Waals surface area contributed by atoms with Gasteiger partial charge < -0.3 is 4.98 Å². The monoisotopic (exact) mass is 433 g/mol. The number of rotatable bonds is 6. The van der Waals surface area contributed by atoms with Crippen LogP contribution in [0.3, 0.4) is 0 Å². The molecule has 0 aliphatic heterocycles. The molecule has 0 radical (unpaired) electrons. The Morgan fingerprint density at radius 2 is 2.00 bits per heavy atom. The Labute approximate surface area is 172 Å². The van der Waals surface area contributed by atoms with Crippen molar-refractivity contribution in [3.8, 4) is 11.4 Å². The highest BCUT2D eigenvalue weighted by Crippen LogP contribution is 2.30. The molecule has 0 unspecified atom stereocenters. The van der Waals surface area contributed by atoms with Crippen LogP contribution in [-0.4, -0.2) is 34.3 Å². The molecule has 0 aliphatic carbocycles. The number of nitrogens with one attached hydrogen (secondary N) is 2. The number of fused-ring (bicyclic) bond motifs is 1. The van der Waals surface area contributed by atoms with Crippen molar-refractivity contribution in [1.29, 1.82) is 0 Å². The van der Waals surface area contributed by atoms with Crippen molar-refractivity contribution < 1.29 is 13.2 Å². The summed E-state index contributed by atoms with van der Waals surface area (Å²) in [6, 6.07) is 2.76. The Morgan fingerprint density at radius 3 is 2.74 bits per heavy atom. The lowest BCUT2D eigenvalue weighted by Gasteiger charge is -2.11. The summed E-state index contributed by atoms with van der Waals surface area (Å²) in [4.78, 5) is 37.9. The molecule has 4 rings (SSSR count). The smallest absolute Gasteiger partial charge is 0.332 e. The zero-order valence-electron chi connectivity index (χ0n) is 16.4. The summed E-state index contributed by atoms with van der Waals surface area (Å²) >= 11 is 0. The summed E-state index contributed by atoms with van der Waals surface area (Å²) in [5.41, 5.74) is -1.32. The van der Waals surface area contributed by atoms with Gasteiger partial charge in [0.2, 0.25) is 0 Å². The van der Waals surface area contributed by atoms with Crippen LogP contribution in [0.25, 0.3) is 22.6 Å². The maximum Gasteiger partial charge on any atom is 0.433 e. The van der Waals surface area contributed by atoms with Gasteiger partial charge in [0.1, 0.15) is 17.0 Å². The van der Waals surface area contributed by atoms with E-state index < -0.39 is 23.1 Å². The summed E-state index contributed by atoms with van der Waals surface area (Å²) < 4.78 is 41.9. The number of aromatic amines is 2. The lowest BCUT2D eigenvalue weighted by molar-refractivity contribution is -0.141. The first-order valence-electron chi connectivity index (χ1n) is 9.54. The van der Waals surface area contributed by atoms with Gasteiger partial charge in [0.25, 0.3) is 5.56 Å². The molecule has 0 saturated carbocycles. The van der Waals surface area contributed by atoms with Crippen molar-refractivity contribution >= 4 is 11.2 Å². The van der Waals surface area contributed by atoms with Gasteiger partial charge in [-0.1, -0.05) is 19.4 Å². The van der Waals surface area contributed by atoms with E-state index in [9.17, 15) is 22.8 Å². The van der Waals surface area contributed by atoms with E-state index in [1.165, 1.54) is 29.2 Å². The fourth-order valence-corrected chi connectivity index (χ4v) is 3.24. The normalized spacial score (nSPS) is 12.0. The Kier molecular flexibility index (Phi) is 5.21. The maximum absolute atomic E-state index is 13.2. The first-order chi connectivity index (χ1) is 14.8. The van der Waals surface area contributed by atoms with Crippen LogP contribution in [0.15, 0.2) is 40.3 Å². The summed E-state index contributed by atoms with van der Waals surface area (Å²) in [5.74, 6) is 0.268. The van der Waals surface area contributed by atoms with Crippen LogP contribution in [0, 0.1) is 0 Å². The number of nitrogens with zero attached hydrogens (tertiary/aromatic N) is 5. The quantitative estimate of drug-likeness (QED) is 0.485. The molecule has 4 heterocycles. The van der Waals surface area contributed by atoms with Gasteiger partial charge >= 0.3 is 11.9 Å². The lowest BCUT2D eigenvalue weighted by atomic mass is 10.2. The van der Waals surface area contributed by atoms with E-state index in [4.69, 9.17) is 0 Å². The maximum atomic E-state index is 13.2. The zero-order chi connectivity index (χ0) is 22.2. The van der Waals surface area contributed by atoms with E-state index >= 15 is 0 Å². The minimum Gasteiger partial charge on any atom is -0.332 e. The Morgan fingerprint density at radius 1 is 1.19 bits per heavy atom. The number of halogens is 3. The van der Waals surface area contributed by atoms with Crippen molar-refractivity contribution in [3.05, 3.63) is 62.8 Å². The highest BCUT2D eigenvalue weighted by molar-refractivity contribution is 5.74. The van der Waals surface area contributed by atoms with Gasteiger partial charge in [0.15, 0.2) is 5.65 Å². The second kappa shape index (κ2) is 7.85. The molecule has 0 bridgehead atoms. The van der Waals surface area contributed by atoms with Gasteiger partial charge in [0.05, 0.1) is 18.3 Å². The number of pyridine rings is 1. The molecule has 0 saturated heterocycles. The molecular weight excluding hydrogens is 415 g/mol. The van der Waals surface area contributed by atoms with Gasteiger partial charge in [-0.3, -0.25) is 24.0 Å². The number of alkyl halides is 3. The lowest BCUT2D eigenvalue weighted by Crippen LogP contribution is -2.35. The van der Waals surface area contributed by atoms with Crippen LogP contribution in [0.1, 0.15) is 31.0 Å².